The van der Waals surface area contributed by atoms with E-state index in [0.717, 1.165) is 49.5 Å². The Kier molecular flexibility index (Phi) is 3.10. The van der Waals surface area contributed by atoms with Gasteiger partial charge >= 0.3 is 0 Å². The fourth-order valence-electron chi connectivity index (χ4n) is 2.49. The summed E-state index contributed by atoms with van der Waals surface area (Å²) in [6.45, 7) is 4.70. The standard InChI is InChI=1S/C12H17N5O/c1-2-18-9-4-3-5-17(6-9)12-10-11(14-7-13-10)15-8-16-12/h7-9H,2-6H2,1H3,(H,13,14,15,16)/t9-/m0/s1. The van der Waals surface area contributed by atoms with E-state index in [1.165, 1.54) is 0 Å². The Morgan fingerprint density at radius 2 is 2.39 bits per heavy atom. The summed E-state index contributed by atoms with van der Waals surface area (Å²) in [4.78, 5) is 18.1. The maximum absolute atomic E-state index is 5.72. The monoisotopic (exact) mass is 247 g/mol. The Labute approximate surface area is 105 Å². The molecule has 96 valence electrons. The summed E-state index contributed by atoms with van der Waals surface area (Å²) in [5.41, 5.74) is 1.63. The van der Waals surface area contributed by atoms with Gasteiger partial charge in [-0.2, -0.15) is 0 Å². The zero-order valence-electron chi connectivity index (χ0n) is 10.5. The summed E-state index contributed by atoms with van der Waals surface area (Å²) in [7, 11) is 0. The van der Waals surface area contributed by atoms with Crippen LogP contribution in [0.3, 0.4) is 0 Å². The van der Waals surface area contributed by atoms with Gasteiger partial charge in [-0.05, 0) is 19.8 Å². The molecule has 1 saturated heterocycles. The molecule has 0 saturated carbocycles. The molecule has 1 N–H and O–H groups in total. The Morgan fingerprint density at radius 3 is 3.28 bits per heavy atom. The van der Waals surface area contributed by atoms with Gasteiger partial charge in [0.1, 0.15) is 11.8 Å². The number of hydrogen-bond donors (Lipinski definition) is 1. The lowest BCUT2D eigenvalue weighted by molar-refractivity contribution is 0.0525. The third-order valence-electron chi connectivity index (χ3n) is 3.28. The maximum Gasteiger partial charge on any atom is 0.182 e. The highest BCUT2D eigenvalue weighted by atomic mass is 16.5. The second kappa shape index (κ2) is 4.89. The van der Waals surface area contributed by atoms with Crippen LogP contribution in [0, 0.1) is 0 Å². The van der Waals surface area contributed by atoms with Gasteiger partial charge in [0.25, 0.3) is 0 Å². The fourth-order valence-corrected chi connectivity index (χ4v) is 2.49. The average Bonchev–Trinajstić information content (AvgIpc) is 2.87. The van der Waals surface area contributed by atoms with Crippen LogP contribution in [0.15, 0.2) is 12.7 Å². The minimum atomic E-state index is 0.302. The first-order valence-corrected chi connectivity index (χ1v) is 6.39. The van der Waals surface area contributed by atoms with Gasteiger partial charge < -0.3 is 14.6 Å². The fraction of sp³-hybridized carbons (Fsp3) is 0.583. The molecule has 2 aromatic rings. The van der Waals surface area contributed by atoms with Crippen LogP contribution in [0.5, 0.6) is 0 Å². The Hall–Kier alpha value is -1.69. The van der Waals surface area contributed by atoms with Crippen molar-refractivity contribution in [2.24, 2.45) is 0 Å². The average molecular weight is 247 g/mol. The number of imidazole rings is 1. The number of H-pyrrole nitrogens is 1. The molecule has 0 amide bonds. The van der Waals surface area contributed by atoms with E-state index in [2.05, 4.69) is 24.8 Å². The number of nitrogens with one attached hydrogen (secondary N) is 1. The van der Waals surface area contributed by atoms with Crippen LogP contribution < -0.4 is 4.90 Å². The summed E-state index contributed by atoms with van der Waals surface area (Å²) < 4.78 is 5.72. The van der Waals surface area contributed by atoms with E-state index in [9.17, 15) is 0 Å². The molecule has 0 spiro atoms. The van der Waals surface area contributed by atoms with E-state index in [-0.39, 0.29) is 0 Å². The second-order valence-electron chi connectivity index (χ2n) is 4.46. The van der Waals surface area contributed by atoms with Crippen LogP contribution in [-0.2, 0) is 4.74 Å². The van der Waals surface area contributed by atoms with E-state index in [1.807, 2.05) is 6.92 Å². The molecule has 18 heavy (non-hydrogen) atoms. The molecule has 0 unspecified atom stereocenters. The third-order valence-corrected chi connectivity index (χ3v) is 3.28. The lowest BCUT2D eigenvalue weighted by Crippen LogP contribution is -2.40. The molecule has 2 aromatic heterocycles. The van der Waals surface area contributed by atoms with Gasteiger partial charge in [-0.25, -0.2) is 15.0 Å². The smallest absolute Gasteiger partial charge is 0.182 e. The van der Waals surface area contributed by atoms with Crippen molar-refractivity contribution in [1.82, 2.24) is 19.9 Å². The molecule has 1 atom stereocenters. The number of piperidine rings is 1. The topological polar surface area (TPSA) is 66.9 Å². The summed E-state index contributed by atoms with van der Waals surface area (Å²) in [5.74, 6) is 0.932. The number of fused-ring (bicyclic) bond motifs is 1. The summed E-state index contributed by atoms with van der Waals surface area (Å²) in [6, 6.07) is 0. The van der Waals surface area contributed by atoms with E-state index in [4.69, 9.17) is 4.74 Å². The molecule has 1 aliphatic rings. The van der Waals surface area contributed by atoms with Gasteiger partial charge in [0.05, 0.1) is 12.4 Å². The number of nitrogens with zero attached hydrogens (tertiary/aromatic N) is 4. The van der Waals surface area contributed by atoms with Crippen molar-refractivity contribution in [3.63, 3.8) is 0 Å². The van der Waals surface area contributed by atoms with Gasteiger partial charge in [-0.3, -0.25) is 0 Å². The highest BCUT2D eigenvalue weighted by molar-refractivity contribution is 5.82. The largest absolute Gasteiger partial charge is 0.377 e. The van der Waals surface area contributed by atoms with Crippen molar-refractivity contribution in [2.75, 3.05) is 24.6 Å². The number of rotatable bonds is 3. The van der Waals surface area contributed by atoms with Gasteiger partial charge in [0, 0.05) is 19.7 Å². The lowest BCUT2D eigenvalue weighted by atomic mass is 10.1. The molecule has 3 heterocycles. The molecule has 0 aromatic carbocycles. The molecule has 6 heteroatoms. The van der Waals surface area contributed by atoms with Crippen molar-refractivity contribution in [3.8, 4) is 0 Å². The summed E-state index contributed by atoms with van der Waals surface area (Å²) in [6.07, 6.45) is 5.79. The molecular weight excluding hydrogens is 230 g/mol. The predicted octanol–water partition coefficient (Wildman–Crippen LogP) is 1.36. The molecule has 1 fully saturated rings. The maximum atomic E-state index is 5.72. The molecule has 0 aliphatic carbocycles. The van der Waals surface area contributed by atoms with Crippen molar-refractivity contribution < 1.29 is 4.74 Å². The minimum Gasteiger partial charge on any atom is -0.377 e. The van der Waals surface area contributed by atoms with Crippen LogP contribution in [0.2, 0.25) is 0 Å². The van der Waals surface area contributed by atoms with Crippen LogP contribution in [0.25, 0.3) is 11.2 Å². The van der Waals surface area contributed by atoms with E-state index >= 15 is 0 Å². The molecule has 0 bridgehead atoms. The molecule has 1 aliphatic heterocycles. The van der Waals surface area contributed by atoms with Crippen molar-refractivity contribution in [2.45, 2.75) is 25.9 Å². The van der Waals surface area contributed by atoms with E-state index in [1.54, 1.807) is 12.7 Å². The van der Waals surface area contributed by atoms with Crippen LogP contribution in [0.1, 0.15) is 19.8 Å². The third kappa shape index (κ3) is 2.03. The predicted molar refractivity (Wildman–Crippen MR) is 68.5 cm³/mol. The molecular formula is C12H17N5O. The highest BCUT2D eigenvalue weighted by Crippen LogP contribution is 2.24. The summed E-state index contributed by atoms with van der Waals surface area (Å²) >= 11 is 0. The Morgan fingerprint density at radius 1 is 1.44 bits per heavy atom. The highest BCUT2D eigenvalue weighted by Gasteiger charge is 2.23. The second-order valence-corrected chi connectivity index (χ2v) is 4.46. The van der Waals surface area contributed by atoms with Crippen LogP contribution in [0.4, 0.5) is 5.82 Å². The first-order chi connectivity index (χ1) is 8.88. The van der Waals surface area contributed by atoms with Gasteiger partial charge in [0.15, 0.2) is 11.5 Å². The minimum absolute atomic E-state index is 0.302. The first-order valence-electron chi connectivity index (χ1n) is 6.39. The number of anilines is 1. The van der Waals surface area contributed by atoms with Gasteiger partial charge in [-0.15, -0.1) is 0 Å². The van der Waals surface area contributed by atoms with E-state index in [0.29, 0.717) is 6.10 Å². The first kappa shape index (κ1) is 11.4. The number of hydrogen-bond acceptors (Lipinski definition) is 5. The zero-order valence-corrected chi connectivity index (χ0v) is 10.5. The van der Waals surface area contributed by atoms with Crippen molar-refractivity contribution in [3.05, 3.63) is 12.7 Å². The number of ether oxygens (including phenoxy) is 1. The SMILES string of the molecule is CCO[C@H]1CCCN(c2ncnc3nc[nH]c23)C1. The van der Waals surface area contributed by atoms with Crippen molar-refractivity contribution >= 4 is 17.0 Å². The zero-order chi connectivity index (χ0) is 12.4. The Bertz CT molecular complexity index is 524. The van der Waals surface area contributed by atoms with Crippen LogP contribution in [-0.4, -0.2) is 45.7 Å². The van der Waals surface area contributed by atoms with Crippen molar-refractivity contribution in [1.29, 1.82) is 0 Å². The summed E-state index contributed by atoms with van der Waals surface area (Å²) in [5, 5.41) is 0. The molecule has 6 nitrogen and oxygen atoms in total. The van der Waals surface area contributed by atoms with Crippen LogP contribution >= 0.6 is 0 Å². The molecule has 0 radical (unpaired) electrons. The van der Waals surface area contributed by atoms with Gasteiger partial charge in [-0.1, -0.05) is 0 Å². The van der Waals surface area contributed by atoms with Gasteiger partial charge in [0.2, 0.25) is 0 Å². The normalized spacial score (nSPS) is 20.5. The quantitative estimate of drug-likeness (QED) is 0.887. The lowest BCUT2D eigenvalue weighted by Gasteiger charge is -2.33. The number of aromatic nitrogens is 4. The van der Waals surface area contributed by atoms with E-state index < -0.39 is 0 Å². The molecule has 3 rings (SSSR count). The number of aromatic amines is 1. The Balaban J connectivity index is 1.87.